The smallest absolute Gasteiger partial charge is 0.196 e. The minimum atomic E-state index is -0.622. The normalized spacial score (nSPS) is 12.6. The fraction of sp³-hybridized carbons (Fsp3) is 0.400. The van der Waals surface area contributed by atoms with Gasteiger partial charge in [-0.3, -0.25) is 0 Å². The van der Waals surface area contributed by atoms with Crippen molar-refractivity contribution in [2.45, 2.75) is 19.4 Å². The highest BCUT2D eigenvalue weighted by Gasteiger charge is 2.11. The van der Waals surface area contributed by atoms with Crippen molar-refractivity contribution in [3.05, 3.63) is 23.5 Å². The molecule has 1 unspecified atom stereocenters. The lowest BCUT2D eigenvalue weighted by molar-refractivity contribution is 0.195. The largest absolute Gasteiger partial charge is 0.504 e. The molecule has 0 saturated heterocycles. The van der Waals surface area contributed by atoms with E-state index >= 15 is 0 Å². The summed E-state index contributed by atoms with van der Waals surface area (Å²) in [4.78, 5) is 0. The van der Waals surface area contributed by atoms with E-state index in [4.69, 9.17) is 5.11 Å². The number of hydrogen-bond donors (Lipinski definition) is 2. The van der Waals surface area contributed by atoms with Gasteiger partial charge in [-0.1, -0.05) is 0 Å². The summed E-state index contributed by atoms with van der Waals surface area (Å²) in [5.41, 5.74) is 0.538. The van der Waals surface area contributed by atoms with Gasteiger partial charge in [0.15, 0.2) is 17.3 Å². The van der Waals surface area contributed by atoms with Crippen molar-refractivity contribution in [3.8, 4) is 11.5 Å². The third-order valence-electron chi connectivity index (χ3n) is 1.82. The van der Waals surface area contributed by atoms with Crippen molar-refractivity contribution in [3.63, 3.8) is 0 Å². The Balaban J connectivity index is 3.01. The van der Waals surface area contributed by atoms with Crippen LogP contribution in [0.5, 0.6) is 11.5 Å². The van der Waals surface area contributed by atoms with E-state index in [9.17, 15) is 9.50 Å². The molecule has 0 amide bonds. The summed E-state index contributed by atoms with van der Waals surface area (Å²) in [6, 6.07) is 2.62. The van der Waals surface area contributed by atoms with Gasteiger partial charge in [-0.2, -0.15) is 0 Å². The Bertz CT molecular complexity index is 300. The van der Waals surface area contributed by atoms with E-state index in [1.165, 1.54) is 19.2 Å². The van der Waals surface area contributed by atoms with Crippen LogP contribution in [0.2, 0.25) is 0 Å². The Morgan fingerprint density at radius 3 is 2.57 bits per heavy atom. The maximum Gasteiger partial charge on any atom is 0.196 e. The molecule has 14 heavy (non-hydrogen) atoms. The van der Waals surface area contributed by atoms with Gasteiger partial charge < -0.3 is 14.9 Å². The molecule has 1 atom stereocenters. The highest BCUT2D eigenvalue weighted by Crippen LogP contribution is 2.30. The van der Waals surface area contributed by atoms with Crippen LogP contribution in [-0.4, -0.2) is 23.4 Å². The molecule has 0 fully saturated rings. The number of methoxy groups -OCH3 is 1. The lowest BCUT2D eigenvalue weighted by Crippen LogP contribution is -2.04. The lowest BCUT2D eigenvalue weighted by atomic mass is 10.1. The van der Waals surface area contributed by atoms with Gasteiger partial charge in [0, 0.05) is 0 Å². The molecule has 0 aliphatic heterocycles. The molecule has 0 radical (unpaired) electrons. The second-order valence-electron chi connectivity index (χ2n) is 3.18. The predicted molar refractivity (Wildman–Crippen MR) is 50.0 cm³/mol. The first kappa shape index (κ1) is 10.8. The molecular weight excluding hydrogens is 187 g/mol. The molecule has 4 heteroatoms. The van der Waals surface area contributed by atoms with E-state index in [1.54, 1.807) is 6.92 Å². The molecule has 1 aromatic carbocycles. The Morgan fingerprint density at radius 1 is 1.50 bits per heavy atom. The molecule has 0 spiro atoms. The Labute approximate surface area is 81.8 Å². The summed E-state index contributed by atoms with van der Waals surface area (Å²) in [7, 11) is 1.28. The molecule has 3 nitrogen and oxygen atoms in total. The zero-order valence-electron chi connectivity index (χ0n) is 8.12. The van der Waals surface area contributed by atoms with E-state index < -0.39 is 11.9 Å². The lowest BCUT2D eigenvalue weighted by Gasteiger charge is -2.08. The van der Waals surface area contributed by atoms with E-state index in [0.717, 1.165) is 0 Å². The second-order valence-corrected chi connectivity index (χ2v) is 3.18. The molecule has 1 aromatic rings. The number of hydrogen-bond acceptors (Lipinski definition) is 3. The van der Waals surface area contributed by atoms with Crippen molar-refractivity contribution in [1.82, 2.24) is 0 Å². The van der Waals surface area contributed by atoms with Gasteiger partial charge >= 0.3 is 0 Å². The molecule has 2 N–H and O–H groups in total. The van der Waals surface area contributed by atoms with Gasteiger partial charge in [0.05, 0.1) is 13.2 Å². The summed E-state index contributed by atoms with van der Waals surface area (Å²) in [5.74, 6) is -1.04. The number of aliphatic hydroxyl groups excluding tert-OH is 1. The average molecular weight is 200 g/mol. The first-order chi connectivity index (χ1) is 6.54. The van der Waals surface area contributed by atoms with Gasteiger partial charge in [0.25, 0.3) is 0 Å². The maximum absolute atomic E-state index is 13.2. The monoisotopic (exact) mass is 200 g/mol. The molecule has 1 rings (SSSR count). The van der Waals surface area contributed by atoms with E-state index in [0.29, 0.717) is 12.0 Å². The van der Waals surface area contributed by atoms with E-state index in [1.807, 2.05) is 0 Å². The molecule has 0 saturated carbocycles. The average Bonchev–Trinajstić information content (AvgIpc) is 2.01. The molecule has 0 aliphatic carbocycles. The van der Waals surface area contributed by atoms with Gasteiger partial charge in [-0.25, -0.2) is 4.39 Å². The first-order valence-electron chi connectivity index (χ1n) is 4.28. The van der Waals surface area contributed by atoms with Crippen molar-refractivity contribution in [1.29, 1.82) is 0 Å². The summed E-state index contributed by atoms with van der Waals surface area (Å²) in [5, 5.41) is 18.4. The van der Waals surface area contributed by atoms with Crippen LogP contribution in [0.15, 0.2) is 12.1 Å². The van der Waals surface area contributed by atoms with Crippen LogP contribution < -0.4 is 4.74 Å². The number of phenols is 1. The highest BCUT2D eigenvalue weighted by molar-refractivity contribution is 5.43. The fourth-order valence-corrected chi connectivity index (χ4v) is 1.29. The minimum Gasteiger partial charge on any atom is -0.504 e. The number of aliphatic hydroxyl groups is 1. The van der Waals surface area contributed by atoms with Crippen LogP contribution in [0.1, 0.15) is 12.5 Å². The number of phenolic OH excluding ortho intramolecular Hbond substituents is 1. The Kier molecular flexibility index (Phi) is 3.30. The van der Waals surface area contributed by atoms with Crippen molar-refractivity contribution < 1.29 is 19.3 Å². The second kappa shape index (κ2) is 4.28. The summed E-state index contributed by atoms with van der Waals surface area (Å²) in [6.45, 7) is 1.60. The SMILES string of the molecule is COc1c(O)cc(CC(C)O)cc1F. The standard InChI is InChI=1S/C10H13FO3/c1-6(12)3-7-4-8(11)10(14-2)9(13)5-7/h4-6,12-13H,3H2,1-2H3. The van der Waals surface area contributed by atoms with Gasteiger partial charge in [-0.15, -0.1) is 0 Å². The molecule has 0 heterocycles. The number of halogens is 1. The summed E-state index contributed by atoms with van der Waals surface area (Å²) in [6.07, 6.45) is -0.267. The van der Waals surface area contributed by atoms with Crippen molar-refractivity contribution >= 4 is 0 Å². The van der Waals surface area contributed by atoms with E-state index in [-0.39, 0.29) is 11.5 Å². The van der Waals surface area contributed by atoms with Gasteiger partial charge in [0.1, 0.15) is 0 Å². The third-order valence-corrected chi connectivity index (χ3v) is 1.82. The zero-order valence-corrected chi connectivity index (χ0v) is 8.12. The summed E-state index contributed by atoms with van der Waals surface area (Å²) < 4.78 is 17.8. The molecule has 78 valence electrons. The maximum atomic E-state index is 13.2. The van der Waals surface area contributed by atoms with Crippen LogP contribution in [0.4, 0.5) is 4.39 Å². The van der Waals surface area contributed by atoms with Gasteiger partial charge in [-0.05, 0) is 31.0 Å². The topological polar surface area (TPSA) is 49.7 Å². The van der Waals surface area contributed by atoms with E-state index in [2.05, 4.69) is 4.74 Å². The minimum absolute atomic E-state index is 0.167. The van der Waals surface area contributed by atoms with Crippen LogP contribution in [0.3, 0.4) is 0 Å². The zero-order chi connectivity index (χ0) is 10.7. The Hall–Kier alpha value is -1.29. The molecule has 0 bridgehead atoms. The third kappa shape index (κ3) is 2.35. The number of benzene rings is 1. The first-order valence-corrected chi connectivity index (χ1v) is 4.28. The molecule has 0 aliphatic rings. The number of rotatable bonds is 3. The van der Waals surface area contributed by atoms with Crippen LogP contribution >= 0.6 is 0 Å². The fourth-order valence-electron chi connectivity index (χ4n) is 1.29. The number of aromatic hydroxyl groups is 1. The van der Waals surface area contributed by atoms with Crippen molar-refractivity contribution in [2.75, 3.05) is 7.11 Å². The van der Waals surface area contributed by atoms with Crippen molar-refractivity contribution in [2.24, 2.45) is 0 Å². The number of ether oxygens (including phenoxy) is 1. The quantitative estimate of drug-likeness (QED) is 0.776. The Morgan fingerprint density at radius 2 is 2.14 bits per heavy atom. The molecule has 0 aromatic heterocycles. The highest BCUT2D eigenvalue weighted by atomic mass is 19.1. The van der Waals surface area contributed by atoms with Crippen LogP contribution in [-0.2, 0) is 6.42 Å². The van der Waals surface area contributed by atoms with Gasteiger partial charge in [0.2, 0.25) is 0 Å². The van der Waals surface area contributed by atoms with Crippen LogP contribution in [0.25, 0.3) is 0 Å². The van der Waals surface area contributed by atoms with Crippen LogP contribution in [0, 0.1) is 5.82 Å². The molecular formula is C10H13FO3. The predicted octanol–water partition coefficient (Wildman–Crippen LogP) is 1.46. The summed E-state index contributed by atoms with van der Waals surface area (Å²) >= 11 is 0.